The summed E-state index contributed by atoms with van der Waals surface area (Å²) in [4.78, 5) is 13.2. The Morgan fingerprint density at radius 1 is 1.40 bits per heavy atom. The van der Waals surface area contributed by atoms with Gasteiger partial charge < -0.3 is 10.6 Å². The molecule has 0 unspecified atom stereocenters. The summed E-state index contributed by atoms with van der Waals surface area (Å²) in [5.74, 6) is 0.0745. The number of nitrogens with zero attached hydrogens (tertiary/aromatic N) is 1. The summed E-state index contributed by atoms with van der Waals surface area (Å²) in [5.41, 5.74) is 11.3. The van der Waals surface area contributed by atoms with Gasteiger partial charge in [-0.15, -0.1) is 0 Å². The SMILES string of the molecule is CC(=O)N1CCc2c(C)cc(C)c(N)c21. The molecule has 0 spiro atoms. The monoisotopic (exact) mass is 204 g/mol. The first-order valence-corrected chi connectivity index (χ1v) is 5.19. The summed E-state index contributed by atoms with van der Waals surface area (Å²) in [6.07, 6.45) is 0.922. The van der Waals surface area contributed by atoms with Gasteiger partial charge in [-0.05, 0) is 37.0 Å². The molecule has 2 N–H and O–H groups in total. The standard InChI is InChI=1S/C12H16N2O/c1-7-6-8(2)11(13)12-10(7)4-5-14(12)9(3)15/h6H,4-5,13H2,1-3H3. The van der Waals surface area contributed by atoms with Crippen LogP contribution in [0.15, 0.2) is 6.07 Å². The number of nitrogen functional groups attached to an aromatic ring is 1. The summed E-state index contributed by atoms with van der Waals surface area (Å²) in [6.45, 7) is 6.42. The van der Waals surface area contributed by atoms with Gasteiger partial charge in [-0.2, -0.15) is 0 Å². The second-order valence-corrected chi connectivity index (χ2v) is 4.17. The molecule has 3 heteroatoms. The Hall–Kier alpha value is -1.51. The highest BCUT2D eigenvalue weighted by Gasteiger charge is 2.26. The summed E-state index contributed by atoms with van der Waals surface area (Å²) < 4.78 is 0. The lowest BCUT2D eigenvalue weighted by atomic mass is 10.0. The molecule has 0 aromatic heterocycles. The van der Waals surface area contributed by atoms with Gasteiger partial charge in [0.15, 0.2) is 0 Å². The number of anilines is 2. The van der Waals surface area contributed by atoms with Crippen LogP contribution < -0.4 is 10.6 Å². The van der Waals surface area contributed by atoms with E-state index in [-0.39, 0.29) is 5.91 Å². The maximum Gasteiger partial charge on any atom is 0.223 e. The van der Waals surface area contributed by atoms with Crippen molar-refractivity contribution < 1.29 is 4.79 Å². The van der Waals surface area contributed by atoms with Crippen LogP contribution in [0.4, 0.5) is 11.4 Å². The average Bonchev–Trinajstić information content (AvgIpc) is 2.58. The van der Waals surface area contributed by atoms with Crippen LogP contribution in [-0.4, -0.2) is 12.5 Å². The van der Waals surface area contributed by atoms with Crippen LogP contribution in [0.2, 0.25) is 0 Å². The van der Waals surface area contributed by atoms with Crippen LogP contribution in [0.1, 0.15) is 23.6 Å². The summed E-state index contributed by atoms with van der Waals surface area (Å²) in [5, 5.41) is 0. The zero-order chi connectivity index (χ0) is 11.2. The zero-order valence-electron chi connectivity index (χ0n) is 9.42. The normalized spacial score (nSPS) is 14.2. The van der Waals surface area contributed by atoms with Crippen LogP contribution in [0.5, 0.6) is 0 Å². The van der Waals surface area contributed by atoms with Crippen molar-refractivity contribution in [1.29, 1.82) is 0 Å². The number of aryl methyl sites for hydroxylation is 2. The fourth-order valence-electron chi connectivity index (χ4n) is 2.30. The molecular formula is C12H16N2O. The number of rotatable bonds is 0. The second kappa shape index (κ2) is 3.26. The predicted molar refractivity (Wildman–Crippen MR) is 62.1 cm³/mol. The van der Waals surface area contributed by atoms with Gasteiger partial charge in [-0.25, -0.2) is 0 Å². The molecule has 2 rings (SSSR count). The number of benzene rings is 1. The van der Waals surface area contributed by atoms with E-state index in [2.05, 4.69) is 13.0 Å². The third-order valence-electron chi connectivity index (χ3n) is 3.11. The van der Waals surface area contributed by atoms with Gasteiger partial charge in [0, 0.05) is 13.5 Å². The van der Waals surface area contributed by atoms with Crippen molar-refractivity contribution in [3.05, 3.63) is 22.8 Å². The van der Waals surface area contributed by atoms with E-state index in [0.29, 0.717) is 0 Å². The minimum atomic E-state index is 0.0745. The highest BCUT2D eigenvalue weighted by molar-refractivity contribution is 5.98. The lowest BCUT2D eigenvalue weighted by Gasteiger charge is -2.18. The van der Waals surface area contributed by atoms with Crippen molar-refractivity contribution in [2.75, 3.05) is 17.2 Å². The molecule has 0 bridgehead atoms. The van der Waals surface area contributed by atoms with E-state index in [1.807, 2.05) is 6.92 Å². The molecule has 0 atom stereocenters. The number of nitrogens with two attached hydrogens (primary N) is 1. The third kappa shape index (κ3) is 1.39. The molecule has 1 aliphatic heterocycles. The first-order valence-electron chi connectivity index (χ1n) is 5.19. The van der Waals surface area contributed by atoms with Crippen molar-refractivity contribution in [1.82, 2.24) is 0 Å². The average molecular weight is 204 g/mol. The maximum absolute atomic E-state index is 11.5. The van der Waals surface area contributed by atoms with Gasteiger partial charge >= 0.3 is 0 Å². The second-order valence-electron chi connectivity index (χ2n) is 4.17. The van der Waals surface area contributed by atoms with Crippen LogP contribution in [0.3, 0.4) is 0 Å². The maximum atomic E-state index is 11.5. The van der Waals surface area contributed by atoms with E-state index in [9.17, 15) is 4.79 Å². The Morgan fingerprint density at radius 3 is 2.67 bits per heavy atom. The predicted octanol–water partition coefficient (Wildman–Crippen LogP) is 1.79. The van der Waals surface area contributed by atoms with Crippen LogP contribution in [0, 0.1) is 13.8 Å². The first kappa shape index (κ1) is 10.0. The lowest BCUT2D eigenvalue weighted by molar-refractivity contribution is -0.116. The van der Waals surface area contributed by atoms with Gasteiger partial charge in [0.1, 0.15) is 0 Å². The fourth-order valence-corrected chi connectivity index (χ4v) is 2.30. The van der Waals surface area contributed by atoms with Gasteiger partial charge in [0.05, 0.1) is 11.4 Å². The summed E-state index contributed by atoms with van der Waals surface area (Å²) in [7, 11) is 0. The number of amides is 1. The molecule has 1 heterocycles. The highest BCUT2D eigenvalue weighted by atomic mass is 16.2. The molecule has 0 saturated heterocycles. The van der Waals surface area contributed by atoms with Crippen molar-refractivity contribution in [2.45, 2.75) is 27.2 Å². The fraction of sp³-hybridized carbons (Fsp3) is 0.417. The van der Waals surface area contributed by atoms with Gasteiger partial charge in [0.2, 0.25) is 5.91 Å². The van der Waals surface area contributed by atoms with Crippen molar-refractivity contribution >= 4 is 17.3 Å². The number of fused-ring (bicyclic) bond motifs is 1. The Morgan fingerprint density at radius 2 is 2.07 bits per heavy atom. The molecule has 1 aliphatic rings. The molecular weight excluding hydrogens is 188 g/mol. The van der Waals surface area contributed by atoms with Gasteiger partial charge in [0.25, 0.3) is 0 Å². The molecule has 0 aliphatic carbocycles. The molecule has 1 aromatic carbocycles. The molecule has 0 saturated carbocycles. The number of hydrogen-bond acceptors (Lipinski definition) is 2. The highest BCUT2D eigenvalue weighted by Crippen LogP contribution is 2.38. The molecule has 3 nitrogen and oxygen atoms in total. The lowest BCUT2D eigenvalue weighted by Crippen LogP contribution is -2.26. The van der Waals surface area contributed by atoms with E-state index < -0.39 is 0 Å². The first-order chi connectivity index (χ1) is 7.02. The van der Waals surface area contributed by atoms with Crippen LogP contribution in [-0.2, 0) is 11.2 Å². The molecule has 0 fully saturated rings. The largest absolute Gasteiger partial charge is 0.397 e. The van der Waals surface area contributed by atoms with Crippen molar-refractivity contribution in [3.63, 3.8) is 0 Å². The molecule has 80 valence electrons. The smallest absolute Gasteiger partial charge is 0.223 e. The Bertz CT molecular complexity index is 438. The molecule has 15 heavy (non-hydrogen) atoms. The third-order valence-corrected chi connectivity index (χ3v) is 3.11. The van der Waals surface area contributed by atoms with Crippen molar-refractivity contribution in [2.24, 2.45) is 0 Å². The Kier molecular flexibility index (Phi) is 2.18. The van der Waals surface area contributed by atoms with Crippen LogP contribution >= 0.6 is 0 Å². The minimum absolute atomic E-state index is 0.0745. The van der Waals surface area contributed by atoms with Gasteiger partial charge in [-0.3, -0.25) is 4.79 Å². The molecule has 1 amide bonds. The molecule has 0 radical (unpaired) electrons. The Balaban J connectivity index is 2.65. The van der Waals surface area contributed by atoms with E-state index >= 15 is 0 Å². The summed E-state index contributed by atoms with van der Waals surface area (Å²) in [6, 6.07) is 2.10. The topological polar surface area (TPSA) is 46.3 Å². The molecule has 1 aromatic rings. The van der Waals surface area contributed by atoms with E-state index in [0.717, 1.165) is 29.9 Å². The summed E-state index contributed by atoms with van der Waals surface area (Å²) >= 11 is 0. The van der Waals surface area contributed by atoms with Crippen LogP contribution in [0.25, 0.3) is 0 Å². The minimum Gasteiger partial charge on any atom is -0.397 e. The van der Waals surface area contributed by atoms with E-state index in [4.69, 9.17) is 5.73 Å². The van der Waals surface area contributed by atoms with E-state index in [1.54, 1.807) is 11.8 Å². The number of hydrogen-bond donors (Lipinski definition) is 1. The quantitative estimate of drug-likeness (QED) is 0.655. The number of carbonyl (C=O) groups excluding carboxylic acids is 1. The van der Waals surface area contributed by atoms with Gasteiger partial charge in [-0.1, -0.05) is 6.07 Å². The zero-order valence-corrected chi connectivity index (χ0v) is 9.42. The number of carbonyl (C=O) groups is 1. The van der Waals surface area contributed by atoms with Crippen molar-refractivity contribution in [3.8, 4) is 0 Å². The Labute approximate surface area is 89.9 Å². The van der Waals surface area contributed by atoms with E-state index in [1.165, 1.54) is 11.1 Å².